The van der Waals surface area contributed by atoms with E-state index in [4.69, 9.17) is 4.74 Å². The van der Waals surface area contributed by atoms with Crippen molar-refractivity contribution < 1.29 is 4.74 Å². The zero-order chi connectivity index (χ0) is 14.2. The van der Waals surface area contributed by atoms with Gasteiger partial charge in [0.25, 0.3) is 0 Å². The predicted octanol–water partition coefficient (Wildman–Crippen LogP) is 2.80. The van der Waals surface area contributed by atoms with Gasteiger partial charge in [0.05, 0.1) is 6.61 Å². The maximum atomic E-state index is 5.16. The highest BCUT2D eigenvalue weighted by molar-refractivity contribution is 5.22. The van der Waals surface area contributed by atoms with E-state index in [1.807, 2.05) is 0 Å². The lowest BCUT2D eigenvalue weighted by Crippen LogP contribution is -2.37. The molecule has 0 amide bonds. The van der Waals surface area contributed by atoms with Gasteiger partial charge in [-0.25, -0.2) is 0 Å². The van der Waals surface area contributed by atoms with Crippen LogP contribution < -0.4 is 5.32 Å². The number of hydrogen-bond donors (Lipinski definition) is 1. The molecule has 1 aliphatic rings. The molecule has 1 aromatic rings. The van der Waals surface area contributed by atoms with Gasteiger partial charge in [-0.3, -0.25) is 4.90 Å². The lowest BCUT2D eigenvalue weighted by atomic mass is 10.1. The maximum Gasteiger partial charge on any atom is 0.0713 e. The van der Waals surface area contributed by atoms with Gasteiger partial charge in [0.1, 0.15) is 0 Å². The van der Waals surface area contributed by atoms with E-state index in [-0.39, 0.29) is 0 Å². The van der Waals surface area contributed by atoms with Crippen molar-refractivity contribution in [1.82, 2.24) is 10.2 Å². The van der Waals surface area contributed by atoms with E-state index < -0.39 is 0 Å². The predicted molar refractivity (Wildman–Crippen MR) is 83.7 cm³/mol. The molecule has 20 heavy (non-hydrogen) atoms. The first-order chi connectivity index (χ1) is 9.81. The molecule has 1 aliphatic heterocycles. The minimum atomic E-state index is 0.689. The molecule has 0 saturated carbocycles. The maximum absolute atomic E-state index is 5.16. The van der Waals surface area contributed by atoms with Crippen molar-refractivity contribution in [3.8, 4) is 0 Å². The first-order valence-electron chi connectivity index (χ1n) is 7.84. The molecular weight excluding hydrogens is 248 g/mol. The quantitative estimate of drug-likeness (QED) is 0.790. The van der Waals surface area contributed by atoms with Gasteiger partial charge >= 0.3 is 0 Å². The zero-order valence-electron chi connectivity index (χ0n) is 12.9. The Bertz CT molecular complexity index is 371. The summed E-state index contributed by atoms with van der Waals surface area (Å²) in [7, 11) is 1.74. The van der Waals surface area contributed by atoms with E-state index >= 15 is 0 Å². The van der Waals surface area contributed by atoms with Gasteiger partial charge in [0.2, 0.25) is 0 Å². The minimum Gasteiger partial charge on any atom is -0.380 e. The fraction of sp³-hybridized carbons (Fsp3) is 0.647. The van der Waals surface area contributed by atoms with Crippen LogP contribution in [0, 0.1) is 0 Å². The van der Waals surface area contributed by atoms with E-state index in [9.17, 15) is 0 Å². The standard InChI is InChI=1S/C17H28N2O/c1-3-11-19(13-17-5-4-10-18-17)12-15-6-8-16(9-7-15)14-20-2/h6-9,17-18H,3-5,10-14H2,1-2H3. The number of ether oxygens (including phenoxy) is 1. The summed E-state index contributed by atoms with van der Waals surface area (Å²) in [5.74, 6) is 0. The molecular formula is C17H28N2O. The van der Waals surface area contributed by atoms with Crippen molar-refractivity contribution >= 4 is 0 Å². The fourth-order valence-corrected chi connectivity index (χ4v) is 2.94. The lowest BCUT2D eigenvalue weighted by molar-refractivity contribution is 0.185. The van der Waals surface area contributed by atoms with Crippen molar-refractivity contribution in [2.45, 2.75) is 45.4 Å². The number of benzene rings is 1. The van der Waals surface area contributed by atoms with Crippen LogP contribution in [0.3, 0.4) is 0 Å². The van der Waals surface area contributed by atoms with E-state index in [0.717, 1.165) is 6.54 Å². The van der Waals surface area contributed by atoms with Crippen LogP contribution in [0.5, 0.6) is 0 Å². The van der Waals surface area contributed by atoms with Crippen LogP contribution in [0.25, 0.3) is 0 Å². The Hall–Kier alpha value is -0.900. The molecule has 1 N–H and O–H groups in total. The summed E-state index contributed by atoms with van der Waals surface area (Å²) in [6, 6.07) is 9.51. The van der Waals surface area contributed by atoms with Crippen molar-refractivity contribution in [2.75, 3.05) is 26.7 Å². The van der Waals surface area contributed by atoms with E-state index in [1.165, 1.54) is 50.0 Å². The molecule has 0 aliphatic carbocycles. The number of rotatable bonds is 8. The van der Waals surface area contributed by atoms with Crippen LogP contribution >= 0.6 is 0 Å². The highest BCUT2D eigenvalue weighted by atomic mass is 16.5. The number of nitrogens with one attached hydrogen (secondary N) is 1. The van der Waals surface area contributed by atoms with Gasteiger partial charge < -0.3 is 10.1 Å². The molecule has 1 atom stereocenters. The topological polar surface area (TPSA) is 24.5 Å². The molecule has 3 nitrogen and oxygen atoms in total. The molecule has 1 heterocycles. The summed E-state index contributed by atoms with van der Waals surface area (Å²) < 4.78 is 5.16. The summed E-state index contributed by atoms with van der Waals surface area (Å²) in [6.45, 7) is 7.56. The third kappa shape index (κ3) is 4.89. The van der Waals surface area contributed by atoms with Crippen LogP contribution in [-0.4, -0.2) is 37.7 Å². The van der Waals surface area contributed by atoms with Gasteiger partial charge in [-0.05, 0) is 43.5 Å². The van der Waals surface area contributed by atoms with E-state index in [0.29, 0.717) is 12.6 Å². The SMILES string of the molecule is CCCN(Cc1ccc(COC)cc1)CC1CCCN1. The average molecular weight is 276 g/mol. The first-order valence-corrected chi connectivity index (χ1v) is 7.84. The van der Waals surface area contributed by atoms with E-state index in [1.54, 1.807) is 7.11 Å². The summed E-state index contributed by atoms with van der Waals surface area (Å²) >= 11 is 0. The van der Waals surface area contributed by atoms with E-state index in [2.05, 4.69) is 41.4 Å². The monoisotopic (exact) mass is 276 g/mol. The Labute approximate surface area is 123 Å². The third-order valence-corrected chi connectivity index (χ3v) is 3.92. The highest BCUT2D eigenvalue weighted by Crippen LogP contribution is 2.12. The Kier molecular flexibility index (Phi) is 6.51. The molecule has 112 valence electrons. The summed E-state index contributed by atoms with van der Waals surface area (Å²) in [4.78, 5) is 2.58. The molecule has 0 aromatic heterocycles. The van der Waals surface area contributed by atoms with Gasteiger partial charge in [0, 0.05) is 26.2 Å². The Balaban J connectivity index is 1.88. The number of methoxy groups -OCH3 is 1. The minimum absolute atomic E-state index is 0.689. The van der Waals surface area contributed by atoms with Crippen LogP contribution in [0.4, 0.5) is 0 Å². The molecule has 0 bridgehead atoms. The summed E-state index contributed by atoms with van der Waals surface area (Å²) in [5, 5.41) is 3.60. The van der Waals surface area contributed by atoms with Crippen molar-refractivity contribution in [1.29, 1.82) is 0 Å². The molecule has 1 unspecified atom stereocenters. The van der Waals surface area contributed by atoms with Crippen LogP contribution in [0.2, 0.25) is 0 Å². The van der Waals surface area contributed by atoms with Crippen molar-refractivity contribution in [3.63, 3.8) is 0 Å². The smallest absolute Gasteiger partial charge is 0.0713 e. The third-order valence-electron chi connectivity index (χ3n) is 3.92. The van der Waals surface area contributed by atoms with Gasteiger partial charge in [-0.1, -0.05) is 31.2 Å². The Morgan fingerprint density at radius 3 is 2.60 bits per heavy atom. The molecule has 1 saturated heterocycles. The number of hydrogen-bond acceptors (Lipinski definition) is 3. The summed E-state index contributed by atoms with van der Waals surface area (Å²) in [5.41, 5.74) is 2.65. The largest absolute Gasteiger partial charge is 0.380 e. The Morgan fingerprint density at radius 1 is 1.25 bits per heavy atom. The molecule has 3 heteroatoms. The van der Waals surface area contributed by atoms with Gasteiger partial charge in [-0.2, -0.15) is 0 Å². The summed E-state index contributed by atoms with van der Waals surface area (Å²) in [6.07, 6.45) is 3.87. The van der Waals surface area contributed by atoms with Gasteiger partial charge in [0.15, 0.2) is 0 Å². The molecule has 1 fully saturated rings. The molecule has 1 aromatic carbocycles. The lowest BCUT2D eigenvalue weighted by Gasteiger charge is -2.25. The highest BCUT2D eigenvalue weighted by Gasteiger charge is 2.17. The van der Waals surface area contributed by atoms with Crippen LogP contribution in [0.15, 0.2) is 24.3 Å². The second kappa shape index (κ2) is 8.40. The molecule has 2 rings (SSSR count). The van der Waals surface area contributed by atoms with Crippen molar-refractivity contribution in [3.05, 3.63) is 35.4 Å². The first kappa shape index (κ1) is 15.5. The molecule has 0 radical (unpaired) electrons. The second-order valence-electron chi connectivity index (χ2n) is 5.78. The fourth-order valence-electron chi connectivity index (χ4n) is 2.94. The Morgan fingerprint density at radius 2 is 2.00 bits per heavy atom. The second-order valence-corrected chi connectivity index (χ2v) is 5.78. The van der Waals surface area contributed by atoms with Crippen molar-refractivity contribution in [2.24, 2.45) is 0 Å². The zero-order valence-corrected chi connectivity index (χ0v) is 12.9. The van der Waals surface area contributed by atoms with Crippen LogP contribution in [0.1, 0.15) is 37.3 Å². The average Bonchev–Trinajstić information content (AvgIpc) is 2.94. The normalized spacial score (nSPS) is 18.9. The number of nitrogens with zero attached hydrogens (tertiary/aromatic N) is 1. The van der Waals surface area contributed by atoms with Gasteiger partial charge in [-0.15, -0.1) is 0 Å². The van der Waals surface area contributed by atoms with Crippen LogP contribution in [-0.2, 0) is 17.9 Å². The molecule has 0 spiro atoms.